The highest BCUT2D eigenvalue weighted by Crippen LogP contribution is 2.44. The Morgan fingerprint density at radius 1 is 1.03 bits per heavy atom. The first-order valence-electron chi connectivity index (χ1n) is 11.3. The molecule has 3 N–H and O–H groups in total. The number of hydrogen-bond donors (Lipinski definition) is 3. The maximum absolute atomic E-state index is 13.1. The maximum Gasteiger partial charge on any atom is 0.408 e. The number of nitrogens with one attached hydrogen (secondary N) is 2. The molecule has 178 valence electrons. The SMILES string of the molecule is O=C(NC1(C(=O)N[C@H]2CCO[C@H]2C(=O)O)CCOC1)OCC1c2ccccc2-c2ccccc21. The van der Waals surface area contributed by atoms with E-state index >= 15 is 0 Å². The number of rotatable bonds is 6. The Labute approximate surface area is 196 Å². The first-order chi connectivity index (χ1) is 16.5. The van der Waals surface area contributed by atoms with Crippen molar-refractivity contribution in [1.29, 1.82) is 0 Å². The molecule has 2 fully saturated rings. The zero-order valence-electron chi connectivity index (χ0n) is 18.5. The van der Waals surface area contributed by atoms with Crippen LogP contribution in [0.3, 0.4) is 0 Å². The summed E-state index contributed by atoms with van der Waals surface area (Å²) >= 11 is 0. The molecule has 2 heterocycles. The second-order valence-corrected chi connectivity index (χ2v) is 8.83. The van der Waals surface area contributed by atoms with E-state index in [2.05, 4.69) is 22.8 Å². The Morgan fingerprint density at radius 3 is 2.32 bits per heavy atom. The smallest absolute Gasteiger partial charge is 0.408 e. The van der Waals surface area contributed by atoms with Crippen LogP contribution in [0, 0.1) is 0 Å². The molecule has 9 nitrogen and oxygen atoms in total. The third-order valence-electron chi connectivity index (χ3n) is 6.79. The van der Waals surface area contributed by atoms with Gasteiger partial charge in [0.1, 0.15) is 12.1 Å². The number of carbonyl (C=O) groups excluding carboxylic acids is 2. The van der Waals surface area contributed by atoms with Crippen LogP contribution in [-0.4, -0.2) is 67.2 Å². The lowest BCUT2D eigenvalue weighted by atomic mass is 9.96. The quantitative estimate of drug-likeness (QED) is 0.595. The van der Waals surface area contributed by atoms with Crippen LogP contribution in [0.2, 0.25) is 0 Å². The Bertz CT molecular complexity index is 1070. The molecule has 34 heavy (non-hydrogen) atoms. The van der Waals surface area contributed by atoms with E-state index < -0.39 is 35.7 Å². The Hall–Kier alpha value is -3.43. The Kier molecular flexibility index (Phi) is 5.97. The van der Waals surface area contributed by atoms with Crippen LogP contribution in [-0.2, 0) is 23.8 Å². The van der Waals surface area contributed by atoms with E-state index in [0.29, 0.717) is 13.0 Å². The molecule has 5 rings (SSSR count). The molecule has 0 saturated carbocycles. The highest BCUT2D eigenvalue weighted by Gasteiger charge is 2.47. The van der Waals surface area contributed by atoms with Gasteiger partial charge in [-0.25, -0.2) is 9.59 Å². The van der Waals surface area contributed by atoms with Gasteiger partial charge in [-0.15, -0.1) is 0 Å². The van der Waals surface area contributed by atoms with Gasteiger partial charge in [0.2, 0.25) is 5.91 Å². The standard InChI is InChI=1S/C25H26N2O7/c28-22(29)21-20(9-11-33-21)26-23(30)25(10-12-32-14-25)27-24(31)34-13-19-17-7-3-1-5-15(17)16-6-2-4-8-18(16)19/h1-8,19-21H,9-14H2,(H,26,30)(H,27,31)(H,28,29)/t20-,21+,25?/m0/s1. The minimum absolute atomic E-state index is 0.0195. The number of hydrogen-bond acceptors (Lipinski definition) is 6. The highest BCUT2D eigenvalue weighted by atomic mass is 16.6. The van der Waals surface area contributed by atoms with E-state index in [1.807, 2.05) is 36.4 Å². The van der Waals surface area contributed by atoms with Crippen molar-refractivity contribution < 1.29 is 33.7 Å². The van der Waals surface area contributed by atoms with Gasteiger partial charge in [0, 0.05) is 25.6 Å². The van der Waals surface area contributed by atoms with Gasteiger partial charge in [-0.1, -0.05) is 48.5 Å². The Morgan fingerprint density at radius 2 is 1.71 bits per heavy atom. The van der Waals surface area contributed by atoms with Crippen LogP contribution < -0.4 is 10.6 Å². The van der Waals surface area contributed by atoms with Gasteiger partial charge in [-0.2, -0.15) is 0 Å². The summed E-state index contributed by atoms with van der Waals surface area (Å²) in [6.45, 7) is 0.635. The van der Waals surface area contributed by atoms with Gasteiger partial charge in [0.05, 0.1) is 12.6 Å². The summed E-state index contributed by atoms with van der Waals surface area (Å²) in [4.78, 5) is 37.3. The fourth-order valence-corrected chi connectivity index (χ4v) is 5.02. The topological polar surface area (TPSA) is 123 Å². The first-order valence-corrected chi connectivity index (χ1v) is 11.3. The zero-order chi connectivity index (χ0) is 23.7. The molecule has 2 aromatic carbocycles. The van der Waals surface area contributed by atoms with Crippen molar-refractivity contribution in [3.63, 3.8) is 0 Å². The lowest BCUT2D eigenvalue weighted by Gasteiger charge is -2.29. The summed E-state index contributed by atoms with van der Waals surface area (Å²) < 4.78 is 16.2. The van der Waals surface area contributed by atoms with Gasteiger partial charge >= 0.3 is 12.1 Å². The van der Waals surface area contributed by atoms with Gasteiger partial charge in [-0.05, 0) is 28.7 Å². The molecule has 0 radical (unpaired) electrons. The van der Waals surface area contributed by atoms with Crippen molar-refractivity contribution in [2.45, 2.75) is 36.4 Å². The molecule has 2 aliphatic heterocycles. The molecule has 2 saturated heterocycles. The van der Waals surface area contributed by atoms with E-state index in [4.69, 9.17) is 14.2 Å². The van der Waals surface area contributed by atoms with Crippen molar-refractivity contribution in [2.24, 2.45) is 0 Å². The number of fused-ring (bicyclic) bond motifs is 3. The fraction of sp³-hybridized carbons (Fsp3) is 0.400. The molecule has 0 bridgehead atoms. The van der Waals surface area contributed by atoms with E-state index in [-0.39, 0.29) is 32.2 Å². The van der Waals surface area contributed by atoms with Crippen molar-refractivity contribution in [3.05, 3.63) is 59.7 Å². The van der Waals surface area contributed by atoms with Gasteiger partial charge < -0.3 is 30.0 Å². The first kappa shape index (κ1) is 22.4. The highest BCUT2D eigenvalue weighted by molar-refractivity contribution is 5.91. The van der Waals surface area contributed by atoms with Crippen molar-refractivity contribution in [3.8, 4) is 11.1 Å². The number of ether oxygens (including phenoxy) is 3. The van der Waals surface area contributed by atoms with Crippen LogP contribution in [0.4, 0.5) is 4.79 Å². The van der Waals surface area contributed by atoms with Crippen molar-refractivity contribution in [1.82, 2.24) is 10.6 Å². The van der Waals surface area contributed by atoms with Crippen molar-refractivity contribution in [2.75, 3.05) is 26.4 Å². The molecule has 0 spiro atoms. The predicted octanol–water partition coefficient (Wildman–Crippen LogP) is 2.04. The van der Waals surface area contributed by atoms with Gasteiger partial charge in [0.25, 0.3) is 0 Å². The van der Waals surface area contributed by atoms with Gasteiger partial charge in [-0.3, -0.25) is 4.79 Å². The molecule has 0 aromatic heterocycles. The second kappa shape index (κ2) is 9.08. The maximum atomic E-state index is 13.1. The van der Waals surface area contributed by atoms with Crippen LogP contribution in [0.25, 0.3) is 11.1 Å². The number of alkyl carbamates (subject to hydrolysis) is 1. The normalized spacial score (nSPS) is 25.4. The molecule has 9 heteroatoms. The third-order valence-corrected chi connectivity index (χ3v) is 6.79. The number of carboxylic acid groups (broad SMARTS) is 1. The van der Waals surface area contributed by atoms with E-state index in [0.717, 1.165) is 22.3 Å². The summed E-state index contributed by atoms with van der Waals surface area (Å²) in [5.41, 5.74) is 3.11. The summed E-state index contributed by atoms with van der Waals surface area (Å²) in [5, 5.41) is 14.7. The average molecular weight is 466 g/mol. The molecule has 1 unspecified atom stereocenters. The molecule has 3 atom stereocenters. The monoisotopic (exact) mass is 466 g/mol. The van der Waals surface area contributed by atoms with Gasteiger partial charge in [0.15, 0.2) is 6.10 Å². The van der Waals surface area contributed by atoms with Crippen molar-refractivity contribution >= 4 is 18.0 Å². The number of amides is 2. The van der Waals surface area contributed by atoms with Crippen LogP contribution in [0.5, 0.6) is 0 Å². The molecular weight excluding hydrogens is 440 g/mol. The van der Waals surface area contributed by atoms with Crippen LogP contribution >= 0.6 is 0 Å². The third kappa shape index (κ3) is 4.01. The van der Waals surface area contributed by atoms with E-state index in [1.54, 1.807) is 0 Å². The number of carboxylic acids is 1. The molecular formula is C25H26N2O7. The fourth-order valence-electron chi connectivity index (χ4n) is 5.02. The predicted molar refractivity (Wildman–Crippen MR) is 120 cm³/mol. The average Bonchev–Trinajstić information content (AvgIpc) is 3.56. The number of benzene rings is 2. The van der Waals surface area contributed by atoms with Crippen LogP contribution in [0.15, 0.2) is 48.5 Å². The summed E-state index contributed by atoms with van der Waals surface area (Å²) in [7, 11) is 0. The molecule has 2 aromatic rings. The Balaban J connectivity index is 1.26. The zero-order valence-corrected chi connectivity index (χ0v) is 18.5. The number of carbonyl (C=O) groups is 3. The van der Waals surface area contributed by atoms with Crippen LogP contribution in [0.1, 0.15) is 29.9 Å². The van der Waals surface area contributed by atoms with E-state index in [1.165, 1.54) is 0 Å². The second-order valence-electron chi connectivity index (χ2n) is 8.83. The minimum atomic E-state index is -1.33. The number of aliphatic carboxylic acids is 1. The lowest BCUT2D eigenvalue weighted by Crippen LogP contribution is -2.62. The summed E-state index contributed by atoms with van der Waals surface area (Å²) in [5.74, 6) is -1.74. The lowest BCUT2D eigenvalue weighted by molar-refractivity contribution is -0.148. The van der Waals surface area contributed by atoms with E-state index in [9.17, 15) is 19.5 Å². The minimum Gasteiger partial charge on any atom is -0.479 e. The molecule has 2 amide bonds. The molecule has 1 aliphatic carbocycles. The largest absolute Gasteiger partial charge is 0.479 e. The molecule has 3 aliphatic rings. The summed E-state index contributed by atoms with van der Waals surface area (Å²) in [6.07, 6.45) is -1.20. The summed E-state index contributed by atoms with van der Waals surface area (Å²) in [6, 6.07) is 15.4.